The van der Waals surface area contributed by atoms with Gasteiger partial charge in [-0.1, -0.05) is 18.2 Å². The standard InChI is InChI=1S/C12H10BrIN4/c1-17-11-5-3-2-4-8(11)10(15-17)7-18-6-9(13)12(14)16-18/h2-6H,7H2,1H3. The molecular weight excluding hydrogens is 407 g/mol. The zero-order chi connectivity index (χ0) is 12.7. The molecule has 18 heavy (non-hydrogen) atoms. The van der Waals surface area contributed by atoms with E-state index in [9.17, 15) is 0 Å². The van der Waals surface area contributed by atoms with E-state index in [0.29, 0.717) is 6.54 Å². The SMILES string of the molecule is Cn1nc(Cn2cc(Br)c(I)n2)c2ccccc21. The molecule has 0 atom stereocenters. The van der Waals surface area contributed by atoms with E-state index in [-0.39, 0.29) is 0 Å². The molecule has 2 aromatic heterocycles. The molecule has 6 heteroatoms. The van der Waals surface area contributed by atoms with Gasteiger partial charge in [0, 0.05) is 18.6 Å². The predicted molar refractivity (Wildman–Crippen MR) is 82.5 cm³/mol. The molecule has 0 saturated carbocycles. The first-order valence-electron chi connectivity index (χ1n) is 5.44. The number of fused-ring (bicyclic) bond motifs is 1. The van der Waals surface area contributed by atoms with Crippen LogP contribution in [0, 0.1) is 3.70 Å². The van der Waals surface area contributed by atoms with Gasteiger partial charge >= 0.3 is 0 Å². The monoisotopic (exact) mass is 416 g/mol. The summed E-state index contributed by atoms with van der Waals surface area (Å²) in [7, 11) is 1.97. The van der Waals surface area contributed by atoms with Crippen molar-refractivity contribution in [2.24, 2.45) is 7.05 Å². The number of hydrogen-bond donors (Lipinski definition) is 0. The van der Waals surface area contributed by atoms with Crippen molar-refractivity contribution >= 4 is 49.4 Å². The molecule has 4 nitrogen and oxygen atoms in total. The number of hydrogen-bond acceptors (Lipinski definition) is 2. The molecule has 0 spiro atoms. The fourth-order valence-corrected chi connectivity index (χ4v) is 2.75. The third-order valence-corrected chi connectivity index (χ3v) is 4.94. The Hall–Kier alpha value is -0.890. The van der Waals surface area contributed by atoms with Crippen molar-refractivity contribution in [2.45, 2.75) is 6.54 Å². The highest BCUT2D eigenvalue weighted by atomic mass is 127. The smallest absolute Gasteiger partial charge is 0.137 e. The maximum atomic E-state index is 4.56. The van der Waals surface area contributed by atoms with Gasteiger partial charge in [-0.2, -0.15) is 10.2 Å². The average Bonchev–Trinajstić information content (AvgIpc) is 2.83. The Bertz CT molecular complexity index is 697. The summed E-state index contributed by atoms with van der Waals surface area (Å²) in [6.45, 7) is 0.683. The molecule has 2 heterocycles. The lowest BCUT2D eigenvalue weighted by atomic mass is 10.2. The summed E-state index contributed by atoms with van der Waals surface area (Å²) in [6, 6.07) is 8.24. The van der Waals surface area contributed by atoms with Crippen molar-refractivity contribution in [1.82, 2.24) is 19.6 Å². The van der Waals surface area contributed by atoms with E-state index in [2.05, 4.69) is 60.9 Å². The minimum absolute atomic E-state index is 0.683. The minimum Gasteiger partial charge on any atom is -0.268 e. The first kappa shape index (κ1) is 12.2. The molecule has 3 rings (SSSR count). The first-order valence-corrected chi connectivity index (χ1v) is 7.31. The highest BCUT2D eigenvalue weighted by Gasteiger charge is 2.10. The summed E-state index contributed by atoms with van der Waals surface area (Å²) in [5.74, 6) is 0. The van der Waals surface area contributed by atoms with Crippen LogP contribution in [0.5, 0.6) is 0 Å². The molecule has 0 N–H and O–H groups in total. The molecule has 0 aliphatic heterocycles. The zero-order valence-electron chi connectivity index (χ0n) is 9.64. The molecule has 0 radical (unpaired) electrons. The second-order valence-corrected chi connectivity index (χ2v) is 5.93. The van der Waals surface area contributed by atoms with Gasteiger partial charge < -0.3 is 0 Å². The summed E-state index contributed by atoms with van der Waals surface area (Å²) in [5.41, 5.74) is 2.19. The van der Waals surface area contributed by atoms with Crippen LogP contribution in [0.4, 0.5) is 0 Å². The van der Waals surface area contributed by atoms with Crippen LogP contribution >= 0.6 is 38.5 Å². The van der Waals surface area contributed by atoms with Crippen LogP contribution in [0.3, 0.4) is 0 Å². The number of aryl methyl sites for hydroxylation is 1. The third kappa shape index (κ3) is 2.07. The summed E-state index contributed by atoms with van der Waals surface area (Å²) in [5, 5.41) is 10.2. The van der Waals surface area contributed by atoms with Gasteiger partial charge in [0.05, 0.1) is 22.2 Å². The van der Waals surface area contributed by atoms with E-state index in [0.717, 1.165) is 19.4 Å². The fraction of sp³-hybridized carbons (Fsp3) is 0.167. The number of rotatable bonds is 2. The van der Waals surface area contributed by atoms with Crippen molar-refractivity contribution in [3.8, 4) is 0 Å². The van der Waals surface area contributed by atoms with Crippen LogP contribution in [-0.4, -0.2) is 19.6 Å². The van der Waals surface area contributed by atoms with Crippen molar-refractivity contribution < 1.29 is 0 Å². The molecule has 0 amide bonds. The summed E-state index contributed by atoms with van der Waals surface area (Å²) in [4.78, 5) is 0. The summed E-state index contributed by atoms with van der Waals surface area (Å²) < 4.78 is 5.80. The van der Waals surface area contributed by atoms with Crippen LogP contribution in [0.2, 0.25) is 0 Å². The van der Waals surface area contributed by atoms with Crippen molar-refractivity contribution in [3.63, 3.8) is 0 Å². The molecular formula is C12H10BrIN4. The lowest BCUT2D eigenvalue weighted by molar-refractivity contribution is 0.651. The number of benzene rings is 1. The Labute approximate surface area is 126 Å². The average molecular weight is 417 g/mol. The highest BCUT2D eigenvalue weighted by Crippen LogP contribution is 2.20. The van der Waals surface area contributed by atoms with Crippen LogP contribution in [0.1, 0.15) is 5.69 Å². The van der Waals surface area contributed by atoms with Gasteiger partial charge in [0.2, 0.25) is 0 Å². The lowest BCUT2D eigenvalue weighted by Crippen LogP contribution is -2.02. The maximum Gasteiger partial charge on any atom is 0.137 e. The second-order valence-electron chi connectivity index (χ2n) is 4.05. The molecule has 0 fully saturated rings. The maximum absolute atomic E-state index is 4.56. The Balaban J connectivity index is 2.05. The summed E-state index contributed by atoms with van der Waals surface area (Å²) in [6.07, 6.45) is 1.98. The van der Waals surface area contributed by atoms with E-state index in [1.165, 1.54) is 5.39 Å². The van der Waals surface area contributed by atoms with E-state index in [1.54, 1.807) is 0 Å². The van der Waals surface area contributed by atoms with Gasteiger partial charge in [0.15, 0.2) is 0 Å². The van der Waals surface area contributed by atoms with Crippen LogP contribution in [0.15, 0.2) is 34.9 Å². The molecule has 92 valence electrons. The Morgan fingerprint density at radius 2 is 2.06 bits per heavy atom. The normalized spacial score (nSPS) is 11.3. The predicted octanol–water partition coefficient (Wildman–Crippen LogP) is 3.19. The van der Waals surface area contributed by atoms with Crippen LogP contribution < -0.4 is 0 Å². The fourth-order valence-electron chi connectivity index (χ4n) is 2.01. The van der Waals surface area contributed by atoms with Crippen molar-refractivity contribution in [2.75, 3.05) is 0 Å². The molecule has 1 aromatic carbocycles. The minimum atomic E-state index is 0.683. The van der Waals surface area contributed by atoms with Gasteiger partial charge in [0.1, 0.15) is 3.70 Å². The van der Waals surface area contributed by atoms with Gasteiger partial charge in [-0.15, -0.1) is 0 Å². The zero-order valence-corrected chi connectivity index (χ0v) is 13.4. The molecule has 0 aliphatic rings. The van der Waals surface area contributed by atoms with Gasteiger partial charge in [-0.25, -0.2) is 0 Å². The van der Waals surface area contributed by atoms with E-state index >= 15 is 0 Å². The van der Waals surface area contributed by atoms with E-state index < -0.39 is 0 Å². The number of halogens is 2. The highest BCUT2D eigenvalue weighted by molar-refractivity contribution is 14.1. The molecule has 0 saturated heterocycles. The quantitative estimate of drug-likeness (QED) is 0.601. The van der Waals surface area contributed by atoms with E-state index in [4.69, 9.17) is 0 Å². The number of nitrogens with zero attached hydrogens (tertiary/aromatic N) is 4. The third-order valence-electron chi connectivity index (χ3n) is 2.82. The molecule has 0 unspecified atom stereocenters. The van der Waals surface area contributed by atoms with Crippen LogP contribution in [-0.2, 0) is 13.6 Å². The topological polar surface area (TPSA) is 35.6 Å². The van der Waals surface area contributed by atoms with Gasteiger partial charge in [-0.3, -0.25) is 9.36 Å². The Morgan fingerprint density at radius 1 is 1.28 bits per heavy atom. The molecule has 3 aromatic rings. The van der Waals surface area contributed by atoms with Crippen molar-refractivity contribution in [1.29, 1.82) is 0 Å². The van der Waals surface area contributed by atoms with Gasteiger partial charge in [-0.05, 0) is 44.6 Å². The Morgan fingerprint density at radius 3 is 2.78 bits per heavy atom. The molecule has 0 bridgehead atoms. The van der Waals surface area contributed by atoms with Crippen molar-refractivity contribution in [3.05, 3.63) is 44.3 Å². The number of para-hydroxylation sites is 1. The lowest BCUT2D eigenvalue weighted by Gasteiger charge is -1.97. The number of aromatic nitrogens is 4. The summed E-state index contributed by atoms with van der Waals surface area (Å²) >= 11 is 5.67. The van der Waals surface area contributed by atoms with Crippen LogP contribution in [0.25, 0.3) is 10.9 Å². The van der Waals surface area contributed by atoms with E-state index in [1.807, 2.05) is 34.7 Å². The molecule has 0 aliphatic carbocycles. The second kappa shape index (κ2) is 4.65. The first-order chi connectivity index (χ1) is 8.65. The Kier molecular flexibility index (Phi) is 3.14. The van der Waals surface area contributed by atoms with Gasteiger partial charge in [0.25, 0.3) is 0 Å². The largest absolute Gasteiger partial charge is 0.268 e.